The number of carbonyl (C=O) groups excluding carboxylic acids is 1. The molecule has 0 aliphatic carbocycles. The first kappa shape index (κ1) is 19.9. The van der Waals surface area contributed by atoms with E-state index in [1.54, 1.807) is 30.1 Å². The molecular weight excluding hydrogens is 376 g/mol. The summed E-state index contributed by atoms with van der Waals surface area (Å²) in [6, 6.07) is 24.8. The first-order valence-electron chi connectivity index (χ1n) is 10.0. The molecule has 0 aliphatic heterocycles. The third-order valence-corrected chi connectivity index (χ3v) is 5.15. The molecule has 5 heteroatoms. The van der Waals surface area contributed by atoms with E-state index >= 15 is 0 Å². The van der Waals surface area contributed by atoms with Crippen molar-refractivity contribution < 1.29 is 14.3 Å². The molecule has 0 saturated carbocycles. The number of amides is 1. The number of oxazole rings is 1. The van der Waals surface area contributed by atoms with Gasteiger partial charge in [-0.2, -0.15) is 0 Å². The molecule has 4 aromatic rings. The summed E-state index contributed by atoms with van der Waals surface area (Å²) in [4.78, 5) is 19.0. The Kier molecular flexibility index (Phi) is 5.91. The van der Waals surface area contributed by atoms with Crippen LogP contribution in [0.15, 0.2) is 83.3 Å². The van der Waals surface area contributed by atoms with Gasteiger partial charge in [0.15, 0.2) is 11.5 Å². The largest absolute Gasteiger partial charge is 0.440 e. The van der Waals surface area contributed by atoms with Gasteiger partial charge in [0.2, 0.25) is 0 Å². The zero-order valence-corrected chi connectivity index (χ0v) is 16.9. The van der Waals surface area contributed by atoms with Crippen LogP contribution in [0.2, 0.25) is 0 Å². The molecule has 0 fully saturated rings. The Balaban J connectivity index is 1.42. The highest BCUT2D eigenvalue weighted by Crippen LogP contribution is 2.21. The molecule has 0 radical (unpaired) electrons. The minimum Gasteiger partial charge on any atom is -0.440 e. The summed E-state index contributed by atoms with van der Waals surface area (Å²) in [7, 11) is 1.74. The zero-order chi connectivity index (χ0) is 20.9. The van der Waals surface area contributed by atoms with E-state index in [1.807, 2.05) is 60.7 Å². The topological polar surface area (TPSA) is 66.6 Å². The average molecular weight is 400 g/mol. The quantitative estimate of drug-likeness (QED) is 0.492. The number of benzene rings is 3. The van der Waals surface area contributed by atoms with Crippen LogP contribution < -0.4 is 0 Å². The maximum absolute atomic E-state index is 12.8. The molecule has 0 spiro atoms. The standard InChI is InChI=1S/C25H24N2O3/c1-27(15-14-22(28)19-10-6-3-7-11-19)25(29)20-12-13-23-21(17-20)26-24(30-23)16-18-8-4-2-5-9-18/h2-13,17,22,28H,14-16H2,1H3. The number of hydrogen-bond acceptors (Lipinski definition) is 4. The van der Waals surface area contributed by atoms with Gasteiger partial charge in [-0.3, -0.25) is 4.79 Å². The van der Waals surface area contributed by atoms with E-state index in [2.05, 4.69) is 4.98 Å². The third kappa shape index (κ3) is 4.58. The number of aliphatic hydroxyl groups is 1. The monoisotopic (exact) mass is 400 g/mol. The van der Waals surface area contributed by atoms with E-state index < -0.39 is 6.10 Å². The Bertz CT molecular complexity index is 1120. The fourth-order valence-electron chi connectivity index (χ4n) is 3.43. The molecule has 4 rings (SSSR count). The molecule has 3 aromatic carbocycles. The molecule has 1 N–H and O–H groups in total. The highest BCUT2D eigenvalue weighted by atomic mass is 16.3. The molecule has 0 bridgehead atoms. The lowest BCUT2D eigenvalue weighted by molar-refractivity contribution is 0.0761. The van der Waals surface area contributed by atoms with Crippen LogP contribution in [0, 0.1) is 0 Å². The first-order chi connectivity index (χ1) is 14.6. The van der Waals surface area contributed by atoms with Crippen molar-refractivity contribution >= 4 is 17.0 Å². The Hall–Kier alpha value is -3.44. The van der Waals surface area contributed by atoms with E-state index in [4.69, 9.17) is 4.42 Å². The minimum absolute atomic E-state index is 0.107. The van der Waals surface area contributed by atoms with E-state index in [1.165, 1.54) is 0 Å². The van der Waals surface area contributed by atoms with Crippen molar-refractivity contribution in [1.82, 2.24) is 9.88 Å². The molecule has 30 heavy (non-hydrogen) atoms. The summed E-state index contributed by atoms with van der Waals surface area (Å²) >= 11 is 0. The molecule has 0 saturated heterocycles. The summed E-state index contributed by atoms with van der Waals surface area (Å²) in [5, 5.41) is 10.3. The van der Waals surface area contributed by atoms with Crippen molar-refractivity contribution in [3.8, 4) is 0 Å². The van der Waals surface area contributed by atoms with Gasteiger partial charge in [0.05, 0.1) is 6.10 Å². The van der Waals surface area contributed by atoms with Gasteiger partial charge in [-0.25, -0.2) is 4.98 Å². The normalized spacial score (nSPS) is 12.1. The van der Waals surface area contributed by atoms with Gasteiger partial charge >= 0.3 is 0 Å². The number of aliphatic hydroxyl groups excluding tert-OH is 1. The zero-order valence-electron chi connectivity index (χ0n) is 16.9. The van der Waals surface area contributed by atoms with Gasteiger partial charge in [-0.15, -0.1) is 0 Å². The fraction of sp³-hybridized carbons (Fsp3) is 0.200. The summed E-state index contributed by atoms with van der Waals surface area (Å²) in [6.07, 6.45) is 0.482. The van der Waals surface area contributed by atoms with Gasteiger partial charge in [-0.05, 0) is 35.7 Å². The third-order valence-electron chi connectivity index (χ3n) is 5.15. The molecule has 152 valence electrons. The summed E-state index contributed by atoms with van der Waals surface area (Å²) < 4.78 is 5.83. The van der Waals surface area contributed by atoms with Crippen LogP contribution in [-0.2, 0) is 6.42 Å². The Morgan fingerprint density at radius 3 is 2.47 bits per heavy atom. The van der Waals surface area contributed by atoms with E-state index in [0.717, 1.165) is 11.1 Å². The van der Waals surface area contributed by atoms with Crippen molar-refractivity contribution in [2.75, 3.05) is 13.6 Å². The highest BCUT2D eigenvalue weighted by molar-refractivity contribution is 5.97. The van der Waals surface area contributed by atoms with Crippen LogP contribution in [-0.4, -0.2) is 34.5 Å². The van der Waals surface area contributed by atoms with E-state index in [0.29, 0.717) is 41.9 Å². The van der Waals surface area contributed by atoms with Crippen molar-refractivity contribution in [2.24, 2.45) is 0 Å². The van der Waals surface area contributed by atoms with Gasteiger partial charge in [0.25, 0.3) is 5.91 Å². The first-order valence-corrected chi connectivity index (χ1v) is 10.0. The van der Waals surface area contributed by atoms with Crippen LogP contribution in [0.3, 0.4) is 0 Å². The lowest BCUT2D eigenvalue weighted by Crippen LogP contribution is -2.28. The van der Waals surface area contributed by atoms with Crippen LogP contribution in [0.25, 0.3) is 11.1 Å². The molecular formula is C25H24N2O3. The fourth-order valence-corrected chi connectivity index (χ4v) is 3.43. The average Bonchev–Trinajstić information content (AvgIpc) is 3.19. The second-order valence-corrected chi connectivity index (χ2v) is 7.39. The molecule has 1 aromatic heterocycles. The number of nitrogens with zero attached hydrogens (tertiary/aromatic N) is 2. The predicted molar refractivity (Wildman–Crippen MR) is 116 cm³/mol. The second-order valence-electron chi connectivity index (χ2n) is 7.39. The molecule has 1 heterocycles. The van der Waals surface area contributed by atoms with Gasteiger partial charge < -0.3 is 14.4 Å². The molecule has 1 atom stereocenters. The summed E-state index contributed by atoms with van der Waals surface area (Å²) in [5.41, 5.74) is 3.87. The van der Waals surface area contributed by atoms with Crippen molar-refractivity contribution in [2.45, 2.75) is 18.9 Å². The van der Waals surface area contributed by atoms with Crippen LogP contribution in [0.1, 0.15) is 39.9 Å². The Morgan fingerprint density at radius 2 is 1.73 bits per heavy atom. The van der Waals surface area contributed by atoms with Crippen molar-refractivity contribution in [3.05, 3.63) is 101 Å². The smallest absolute Gasteiger partial charge is 0.253 e. The van der Waals surface area contributed by atoms with Gasteiger partial charge in [0.1, 0.15) is 5.52 Å². The molecule has 5 nitrogen and oxygen atoms in total. The number of aromatic nitrogens is 1. The number of fused-ring (bicyclic) bond motifs is 1. The van der Waals surface area contributed by atoms with Crippen LogP contribution in [0.4, 0.5) is 0 Å². The highest BCUT2D eigenvalue weighted by Gasteiger charge is 2.16. The van der Waals surface area contributed by atoms with E-state index in [9.17, 15) is 9.90 Å². The lowest BCUT2D eigenvalue weighted by Gasteiger charge is -2.19. The van der Waals surface area contributed by atoms with Gasteiger partial charge in [0, 0.05) is 25.6 Å². The maximum Gasteiger partial charge on any atom is 0.253 e. The summed E-state index contributed by atoms with van der Waals surface area (Å²) in [5.74, 6) is 0.518. The SMILES string of the molecule is CN(CCC(O)c1ccccc1)C(=O)c1ccc2oc(Cc3ccccc3)nc2c1. The minimum atomic E-state index is -0.597. The van der Waals surface area contributed by atoms with E-state index in [-0.39, 0.29) is 5.91 Å². The maximum atomic E-state index is 12.8. The molecule has 1 amide bonds. The summed E-state index contributed by atoms with van der Waals surface area (Å²) in [6.45, 7) is 0.449. The van der Waals surface area contributed by atoms with Crippen molar-refractivity contribution in [3.63, 3.8) is 0 Å². The number of hydrogen-bond donors (Lipinski definition) is 1. The second kappa shape index (κ2) is 8.93. The number of rotatable bonds is 7. The van der Waals surface area contributed by atoms with Crippen molar-refractivity contribution in [1.29, 1.82) is 0 Å². The van der Waals surface area contributed by atoms with Crippen LogP contribution >= 0.6 is 0 Å². The lowest BCUT2D eigenvalue weighted by atomic mass is 10.1. The Morgan fingerprint density at radius 1 is 1.03 bits per heavy atom. The molecule has 1 unspecified atom stereocenters. The number of carbonyl (C=O) groups is 1. The predicted octanol–water partition coefficient (Wildman–Crippen LogP) is 4.61. The Labute approximate surface area is 175 Å². The molecule has 0 aliphatic rings. The van der Waals surface area contributed by atoms with Gasteiger partial charge in [-0.1, -0.05) is 60.7 Å². The van der Waals surface area contributed by atoms with Crippen LogP contribution in [0.5, 0.6) is 0 Å².